The number of nitrogens with two attached hydrogens (primary N) is 1. The standard InChI is InChI=1S/C11H26N2/c1-10(2)13(9-7-12)8-6-11(3,4)5/h10H,6-9,12H2,1-5H3. The predicted octanol–water partition coefficient (Wildman–Crippen LogP) is 2.09. The van der Waals surface area contributed by atoms with Crippen LogP contribution in [0.3, 0.4) is 0 Å². The van der Waals surface area contributed by atoms with Crippen LogP contribution in [-0.4, -0.2) is 30.6 Å². The maximum Gasteiger partial charge on any atom is 0.0107 e. The van der Waals surface area contributed by atoms with Crippen LogP contribution in [-0.2, 0) is 0 Å². The van der Waals surface area contributed by atoms with Crippen LogP contribution in [0.4, 0.5) is 0 Å². The zero-order valence-corrected chi connectivity index (χ0v) is 9.93. The van der Waals surface area contributed by atoms with E-state index in [1.165, 1.54) is 13.0 Å². The molecule has 0 aliphatic carbocycles. The van der Waals surface area contributed by atoms with Crippen molar-refractivity contribution in [1.82, 2.24) is 4.90 Å². The topological polar surface area (TPSA) is 29.3 Å². The van der Waals surface area contributed by atoms with Crippen molar-refractivity contribution in [3.63, 3.8) is 0 Å². The van der Waals surface area contributed by atoms with Gasteiger partial charge in [-0.1, -0.05) is 20.8 Å². The first-order valence-corrected chi connectivity index (χ1v) is 5.31. The average Bonchev–Trinajstić information content (AvgIpc) is 1.95. The first-order chi connectivity index (χ1) is 5.87. The maximum absolute atomic E-state index is 5.56. The fourth-order valence-corrected chi connectivity index (χ4v) is 1.27. The minimum absolute atomic E-state index is 0.432. The van der Waals surface area contributed by atoms with Crippen molar-refractivity contribution in [1.29, 1.82) is 0 Å². The highest BCUT2D eigenvalue weighted by Gasteiger charge is 2.14. The molecule has 0 rings (SSSR count). The van der Waals surface area contributed by atoms with Gasteiger partial charge in [-0.05, 0) is 32.2 Å². The van der Waals surface area contributed by atoms with E-state index in [4.69, 9.17) is 5.73 Å². The predicted molar refractivity (Wildman–Crippen MR) is 59.8 cm³/mol. The van der Waals surface area contributed by atoms with Gasteiger partial charge in [-0.15, -0.1) is 0 Å². The van der Waals surface area contributed by atoms with Crippen molar-refractivity contribution in [3.05, 3.63) is 0 Å². The van der Waals surface area contributed by atoms with Crippen LogP contribution in [0.25, 0.3) is 0 Å². The Bertz CT molecular complexity index is 125. The molecule has 0 bridgehead atoms. The Hall–Kier alpha value is -0.0800. The second-order valence-corrected chi connectivity index (χ2v) is 5.23. The monoisotopic (exact) mass is 186 g/mol. The lowest BCUT2D eigenvalue weighted by Crippen LogP contribution is -2.37. The van der Waals surface area contributed by atoms with Gasteiger partial charge in [0.15, 0.2) is 0 Å². The van der Waals surface area contributed by atoms with Crippen LogP contribution in [0.15, 0.2) is 0 Å². The Morgan fingerprint density at radius 2 is 1.69 bits per heavy atom. The molecule has 0 saturated heterocycles. The fourth-order valence-electron chi connectivity index (χ4n) is 1.27. The quantitative estimate of drug-likeness (QED) is 0.712. The van der Waals surface area contributed by atoms with E-state index in [2.05, 4.69) is 39.5 Å². The van der Waals surface area contributed by atoms with Crippen molar-refractivity contribution in [3.8, 4) is 0 Å². The van der Waals surface area contributed by atoms with Gasteiger partial charge in [0.25, 0.3) is 0 Å². The van der Waals surface area contributed by atoms with Gasteiger partial charge in [-0.2, -0.15) is 0 Å². The van der Waals surface area contributed by atoms with E-state index in [0.717, 1.165) is 13.1 Å². The molecule has 0 aromatic carbocycles. The molecule has 2 N–H and O–H groups in total. The molecule has 0 unspecified atom stereocenters. The molecule has 0 radical (unpaired) electrons. The summed E-state index contributed by atoms with van der Waals surface area (Å²) in [6.45, 7) is 14.3. The molecule has 0 amide bonds. The second-order valence-electron chi connectivity index (χ2n) is 5.23. The van der Waals surface area contributed by atoms with Crippen LogP contribution < -0.4 is 5.73 Å². The number of hydrogen-bond donors (Lipinski definition) is 1. The molecular formula is C11H26N2. The highest BCUT2D eigenvalue weighted by molar-refractivity contribution is 4.68. The van der Waals surface area contributed by atoms with Gasteiger partial charge in [0.05, 0.1) is 0 Å². The third-order valence-corrected chi connectivity index (χ3v) is 2.30. The molecule has 80 valence electrons. The summed E-state index contributed by atoms with van der Waals surface area (Å²) in [5.74, 6) is 0. The molecule has 0 heterocycles. The van der Waals surface area contributed by atoms with Gasteiger partial charge in [0.2, 0.25) is 0 Å². The van der Waals surface area contributed by atoms with Gasteiger partial charge < -0.3 is 5.73 Å². The third-order valence-electron chi connectivity index (χ3n) is 2.30. The Kier molecular flexibility index (Phi) is 5.57. The summed E-state index contributed by atoms with van der Waals surface area (Å²) < 4.78 is 0. The van der Waals surface area contributed by atoms with E-state index in [0.29, 0.717) is 11.5 Å². The second kappa shape index (κ2) is 5.61. The Labute approximate surface area is 83.5 Å². The summed E-state index contributed by atoms with van der Waals surface area (Å²) in [5, 5.41) is 0. The molecule has 2 heteroatoms. The highest BCUT2D eigenvalue weighted by atomic mass is 15.1. The smallest absolute Gasteiger partial charge is 0.0107 e. The Morgan fingerprint density at radius 1 is 1.15 bits per heavy atom. The molecule has 13 heavy (non-hydrogen) atoms. The van der Waals surface area contributed by atoms with E-state index < -0.39 is 0 Å². The molecule has 0 fully saturated rings. The van der Waals surface area contributed by atoms with Gasteiger partial charge in [-0.25, -0.2) is 0 Å². The molecule has 0 spiro atoms. The summed E-state index contributed by atoms with van der Waals surface area (Å²) in [7, 11) is 0. The normalized spacial score (nSPS) is 12.9. The minimum atomic E-state index is 0.432. The fraction of sp³-hybridized carbons (Fsp3) is 1.00. The molecular weight excluding hydrogens is 160 g/mol. The largest absolute Gasteiger partial charge is 0.329 e. The first-order valence-electron chi connectivity index (χ1n) is 5.31. The molecule has 0 saturated carbocycles. The number of nitrogens with zero attached hydrogens (tertiary/aromatic N) is 1. The van der Waals surface area contributed by atoms with Crippen LogP contribution in [0.5, 0.6) is 0 Å². The van der Waals surface area contributed by atoms with E-state index in [9.17, 15) is 0 Å². The average molecular weight is 186 g/mol. The van der Waals surface area contributed by atoms with Crippen molar-refractivity contribution in [2.24, 2.45) is 11.1 Å². The summed E-state index contributed by atoms with van der Waals surface area (Å²) in [6.07, 6.45) is 1.24. The van der Waals surface area contributed by atoms with E-state index >= 15 is 0 Å². The summed E-state index contributed by atoms with van der Waals surface area (Å²) >= 11 is 0. The van der Waals surface area contributed by atoms with Crippen molar-refractivity contribution < 1.29 is 0 Å². The molecule has 0 atom stereocenters. The molecule has 0 aliphatic heterocycles. The summed E-state index contributed by atoms with van der Waals surface area (Å²) in [4.78, 5) is 2.45. The zero-order valence-electron chi connectivity index (χ0n) is 9.93. The Balaban J connectivity index is 3.82. The van der Waals surface area contributed by atoms with Crippen LogP contribution in [0, 0.1) is 5.41 Å². The lowest BCUT2D eigenvalue weighted by atomic mass is 9.92. The SMILES string of the molecule is CC(C)N(CCN)CCC(C)(C)C. The lowest BCUT2D eigenvalue weighted by molar-refractivity contribution is 0.194. The maximum atomic E-state index is 5.56. The number of rotatable bonds is 5. The summed E-state index contributed by atoms with van der Waals surface area (Å²) in [5.41, 5.74) is 6.00. The van der Waals surface area contributed by atoms with Gasteiger partial charge in [-0.3, -0.25) is 4.90 Å². The zero-order chi connectivity index (χ0) is 10.5. The summed E-state index contributed by atoms with van der Waals surface area (Å²) in [6, 6.07) is 0.617. The Morgan fingerprint density at radius 3 is 2.00 bits per heavy atom. The number of hydrogen-bond acceptors (Lipinski definition) is 2. The third kappa shape index (κ3) is 7.03. The van der Waals surface area contributed by atoms with E-state index in [1.54, 1.807) is 0 Å². The van der Waals surface area contributed by atoms with Crippen LogP contribution in [0.1, 0.15) is 41.0 Å². The van der Waals surface area contributed by atoms with Crippen molar-refractivity contribution in [2.75, 3.05) is 19.6 Å². The van der Waals surface area contributed by atoms with E-state index in [-0.39, 0.29) is 0 Å². The molecule has 0 aromatic rings. The van der Waals surface area contributed by atoms with Crippen molar-refractivity contribution >= 4 is 0 Å². The van der Waals surface area contributed by atoms with Crippen LogP contribution in [0.2, 0.25) is 0 Å². The highest BCUT2D eigenvalue weighted by Crippen LogP contribution is 2.19. The van der Waals surface area contributed by atoms with Gasteiger partial charge in [0.1, 0.15) is 0 Å². The molecule has 2 nitrogen and oxygen atoms in total. The molecule has 0 aliphatic rings. The van der Waals surface area contributed by atoms with Crippen molar-refractivity contribution in [2.45, 2.75) is 47.1 Å². The van der Waals surface area contributed by atoms with Gasteiger partial charge in [0, 0.05) is 19.1 Å². The molecule has 0 aromatic heterocycles. The van der Waals surface area contributed by atoms with Crippen LogP contribution >= 0.6 is 0 Å². The minimum Gasteiger partial charge on any atom is -0.329 e. The first kappa shape index (κ1) is 12.9. The lowest BCUT2D eigenvalue weighted by Gasteiger charge is -2.29. The van der Waals surface area contributed by atoms with Gasteiger partial charge >= 0.3 is 0 Å². The van der Waals surface area contributed by atoms with E-state index in [1.807, 2.05) is 0 Å².